The Bertz CT molecular complexity index is 1080. The lowest BCUT2D eigenvalue weighted by Crippen LogP contribution is -2.40. The number of amides is 2. The summed E-state index contributed by atoms with van der Waals surface area (Å²) in [5, 5.41) is 2.94. The van der Waals surface area contributed by atoms with Gasteiger partial charge in [-0.15, -0.1) is 0 Å². The van der Waals surface area contributed by atoms with Crippen LogP contribution in [0.3, 0.4) is 0 Å². The minimum absolute atomic E-state index is 0.0319. The molecule has 0 atom stereocenters. The van der Waals surface area contributed by atoms with Gasteiger partial charge in [-0.05, 0) is 74.8 Å². The van der Waals surface area contributed by atoms with E-state index < -0.39 is 0 Å². The van der Waals surface area contributed by atoms with E-state index in [4.69, 9.17) is 9.47 Å². The van der Waals surface area contributed by atoms with E-state index in [9.17, 15) is 14.4 Å². The number of aryl methyl sites for hydroxylation is 2. The van der Waals surface area contributed by atoms with Crippen LogP contribution in [0.5, 0.6) is 11.5 Å². The van der Waals surface area contributed by atoms with Gasteiger partial charge in [-0.3, -0.25) is 14.4 Å². The Kier molecular flexibility index (Phi) is 9.87. The predicted molar refractivity (Wildman–Crippen MR) is 140 cm³/mol. The molecule has 0 saturated heterocycles. The number of ketones is 1. The molecule has 194 valence electrons. The second kappa shape index (κ2) is 13.1. The van der Waals surface area contributed by atoms with Crippen LogP contribution < -0.4 is 19.7 Å². The molecular formula is C28H37N3O5. The average molecular weight is 496 g/mol. The number of nitrogens with zero attached hydrogens (tertiary/aromatic N) is 2. The van der Waals surface area contributed by atoms with Gasteiger partial charge < -0.3 is 24.6 Å². The number of Topliss-reactive ketones (excluding diaryl/α,β-unsaturated/α-hetero) is 1. The van der Waals surface area contributed by atoms with Gasteiger partial charge in [-0.1, -0.05) is 19.9 Å². The number of fused-ring (bicyclic) bond motifs is 1. The fourth-order valence-electron chi connectivity index (χ4n) is 4.04. The Hall–Kier alpha value is -3.39. The molecule has 2 amide bonds. The third-order valence-corrected chi connectivity index (χ3v) is 6.50. The van der Waals surface area contributed by atoms with Gasteiger partial charge in [0.2, 0.25) is 5.91 Å². The number of benzene rings is 2. The summed E-state index contributed by atoms with van der Waals surface area (Å²) in [6.45, 7) is 11.7. The van der Waals surface area contributed by atoms with E-state index in [2.05, 4.69) is 24.1 Å². The van der Waals surface area contributed by atoms with Gasteiger partial charge in [0.1, 0.15) is 11.5 Å². The van der Waals surface area contributed by atoms with Crippen LogP contribution in [-0.4, -0.2) is 68.4 Å². The lowest BCUT2D eigenvalue weighted by molar-refractivity contribution is -0.122. The molecule has 0 bridgehead atoms. The standard InChI is InChI=1S/C28H37N3O5/c1-5-30(6-2)15-13-29-27(33)8-7-14-31-24-17-22(10-12-26(24)36-19-28(31)34)25(32)18-35-23-11-9-20(3)21(4)16-23/h9-12,16-17H,5-8,13-15,18-19H2,1-4H3,(H,29,33). The van der Waals surface area contributed by atoms with E-state index in [-0.39, 0.29) is 30.8 Å². The first-order valence-corrected chi connectivity index (χ1v) is 12.6. The van der Waals surface area contributed by atoms with Crippen LogP contribution in [0.4, 0.5) is 5.69 Å². The molecule has 2 aromatic carbocycles. The van der Waals surface area contributed by atoms with Gasteiger partial charge in [0, 0.05) is 31.6 Å². The summed E-state index contributed by atoms with van der Waals surface area (Å²) < 4.78 is 11.3. The Labute approximate surface area is 213 Å². The zero-order valence-electron chi connectivity index (χ0n) is 21.8. The van der Waals surface area contributed by atoms with Crippen molar-refractivity contribution in [2.24, 2.45) is 0 Å². The Balaban J connectivity index is 1.57. The molecular weight excluding hydrogens is 458 g/mol. The summed E-state index contributed by atoms with van der Waals surface area (Å²) in [4.78, 5) is 41.5. The van der Waals surface area contributed by atoms with Crippen LogP contribution in [0.25, 0.3) is 0 Å². The zero-order chi connectivity index (χ0) is 26.1. The van der Waals surface area contributed by atoms with Crippen molar-refractivity contribution in [3.63, 3.8) is 0 Å². The quantitative estimate of drug-likeness (QED) is 0.428. The second-order valence-electron chi connectivity index (χ2n) is 8.95. The van der Waals surface area contributed by atoms with Crippen molar-refractivity contribution in [1.82, 2.24) is 10.2 Å². The van der Waals surface area contributed by atoms with E-state index in [1.54, 1.807) is 23.1 Å². The van der Waals surface area contributed by atoms with Crippen LogP contribution in [-0.2, 0) is 9.59 Å². The van der Waals surface area contributed by atoms with Crippen LogP contribution in [0.2, 0.25) is 0 Å². The minimum atomic E-state index is -0.194. The van der Waals surface area contributed by atoms with E-state index in [1.165, 1.54) is 0 Å². The van der Waals surface area contributed by atoms with Crippen LogP contribution in [0.1, 0.15) is 48.2 Å². The molecule has 1 aliphatic heterocycles. The third-order valence-electron chi connectivity index (χ3n) is 6.50. The van der Waals surface area contributed by atoms with Crippen LogP contribution in [0.15, 0.2) is 36.4 Å². The maximum Gasteiger partial charge on any atom is 0.265 e. The van der Waals surface area contributed by atoms with Gasteiger partial charge in [0.05, 0.1) is 5.69 Å². The maximum atomic E-state index is 12.8. The molecule has 8 heteroatoms. The summed E-state index contributed by atoms with van der Waals surface area (Å²) in [5.74, 6) is 0.766. The fraction of sp³-hybridized carbons (Fsp3) is 0.464. The number of likely N-dealkylation sites (N-methyl/N-ethyl adjacent to an activating group) is 1. The van der Waals surface area contributed by atoms with Crippen molar-refractivity contribution in [3.8, 4) is 11.5 Å². The van der Waals surface area contributed by atoms with Gasteiger partial charge in [0.25, 0.3) is 5.91 Å². The Morgan fingerprint density at radius 3 is 2.58 bits per heavy atom. The van der Waals surface area contributed by atoms with Gasteiger partial charge in [0.15, 0.2) is 19.0 Å². The van der Waals surface area contributed by atoms with Crippen molar-refractivity contribution in [2.75, 3.05) is 50.8 Å². The van der Waals surface area contributed by atoms with Gasteiger partial charge in [-0.2, -0.15) is 0 Å². The molecule has 0 saturated carbocycles. The smallest absolute Gasteiger partial charge is 0.265 e. The van der Waals surface area contributed by atoms with Crippen molar-refractivity contribution >= 4 is 23.3 Å². The molecule has 0 unspecified atom stereocenters. The number of carbonyl (C=O) groups excluding carboxylic acids is 3. The molecule has 0 aromatic heterocycles. The second-order valence-corrected chi connectivity index (χ2v) is 8.95. The lowest BCUT2D eigenvalue weighted by atomic mass is 10.1. The minimum Gasteiger partial charge on any atom is -0.485 e. The van der Waals surface area contributed by atoms with E-state index in [0.717, 1.165) is 30.8 Å². The van der Waals surface area contributed by atoms with Crippen molar-refractivity contribution in [2.45, 2.75) is 40.5 Å². The summed E-state index contributed by atoms with van der Waals surface area (Å²) in [6, 6.07) is 10.8. The first-order chi connectivity index (χ1) is 17.3. The van der Waals surface area contributed by atoms with Gasteiger partial charge in [-0.25, -0.2) is 0 Å². The van der Waals surface area contributed by atoms with Crippen molar-refractivity contribution in [1.29, 1.82) is 0 Å². The molecule has 2 aromatic rings. The molecule has 0 aliphatic carbocycles. The molecule has 0 radical (unpaired) electrons. The third kappa shape index (κ3) is 7.31. The summed E-state index contributed by atoms with van der Waals surface area (Å²) in [7, 11) is 0. The van der Waals surface area contributed by atoms with Crippen molar-refractivity contribution in [3.05, 3.63) is 53.1 Å². The van der Waals surface area contributed by atoms with Crippen molar-refractivity contribution < 1.29 is 23.9 Å². The highest BCUT2D eigenvalue weighted by Gasteiger charge is 2.26. The summed E-state index contributed by atoms with van der Waals surface area (Å²) >= 11 is 0. The molecule has 1 heterocycles. The SMILES string of the molecule is CCN(CC)CCNC(=O)CCCN1C(=O)COc2ccc(C(=O)COc3ccc(C)c(C)c3)cc21. The number of carbonyl (C=O) groups is 3. The molecule has 8 nitrogen and oxygen atoms in total. The first-order valence-electron chi connectivity index (χ1n) is 12.6. The van der Waals surface area contributed by atoms with E-state index in [0.29, 0.717) is 48.7 Å². The number of hydrogen-bond acceptors (Lipinski definition) is 6. The number of nitrogens with one attached hydrogen (secondary N) is 1. The lowest BCUT2D eigenvalue weighted by Gasteiger charge is -2.29. The Morgan fingerprint density at radius 2 is 1.86 bits per heavy atom. The molecule has 3 rings (SSSR count). The Morgan fingerprint density at radius 1 is 1.08 bits per heavy atom. The molecule has 36 heavy (non-hydrogen) atoms. The normalized spacial score (nSPS) is 12.8. The fourth-order valence-corrected chi connectivity index (χ4v) is 4.04. The molecule has 0 spiro atoms. The average Bonchev–Trinajstić information content (AvgIpc) is 2.88. The largest absolute Gasteiger partial charge is 0.485 e. The molecule has 0 fully saturated rings. The summed E-state index contributed by atoms with van der Waals surface area (Å²) in [5.41, 5.74) is 3.24. The maximum absolute atomic E-state index is 12.8. The summed E-state index contributed by atoms with van der Waals surface area (Å²) in [6.07, 6.45) is 0.830. The van der Waals surface area contributed by atoms with Gasteiger partial charge >= 0.3 is 0 Å². The number of hydrogen-bond donors (Lipinski definition) is 1. The molecule has 1 N–H and O–H groups in total. The highest BCUT2D eigenvalue weighted by atomic mass is 16.5. The highest BCUT2D eigenvalue weighted by Crippen LogP contribution is 2.33. The number of ether oxygens (including phenoxy) is 2. The van der Waals surface area contributed by atoms with Crippen LogP contribution in [0, 0.1) is 13.8 Å². The van der Waals surface area contributed by atoms with E-state index >= 15 is 0 Å². The predicted octanol–water partition coefficient (Wildman–Crippen LogP) is 3.53. The number of rotatable bonds is 13. The first kappa shape index (κ1) is 27.2. The molecule has 1 aliphatic rings. The monoisotopic (exact) mass is 495 g/mol. The topological polar surface area (TPSA) is 88.2 Å². The number of anilines is 1. The van der Waals surface area contributed by atoms with E-state index in [1.807, 2.05) is 32.0 Å². The zero-order valence-corrected chi connectivity index (χ0v) is 21.8. The highest BCUT2D eigenvalue weighted by molar-refractivity contribution is 6.02. The van der Waals surface area contributed by atoms with Crippen LogP contribution >= 0.6 is 0 Å².